The molecule has 0 atom stereocenters. The average Bonchev–Trinajstić information content (AvgIpc) is 2.99. The summed E-state index contributed by atoms with van der Waals surface area (Å²) in [6.45, 7) is 5.05. The van der Waals surface area contributed by atoms with Gasteiger partial charge in [-0.25, -0.2) is 0 Å². The lowest BCUT2D eigenvalue weighted by Crippen LogP contribution is -2.11. The Kier molecular flexibility index (Phi) is 5.19. The lowest BCUT2D eigenvalue weighted by atomic mass is 10.2. The molecule has 0 spiro atoms. The molecule has 0 saturated carbocycles. The van der Waals surface area contributed by atoms with E-state index in [4.69, 9.17) is 5.11 Å². The second-order valence-corrected chi connectivity index (χ2v) is 6.82. The highest BCUT2D eigenvalue weighted by atomic mass is 32.2. The fourth-order valence-corrected chi connectivity index (χ4v) is 3.19. The van der Waals surface area contributed by atoms with E-state index in [2.05, 4.69) is 30.1 Å². The third kappa shape index (κ3) is 4.08. The standard InChI is InChI=1S/C13H17N3O2S2/c1-9(2)7-16-11(6-10-4-3-5-19-10)14-15-13(16)20-8-12(17)18/h3-5,9H,6-8H2,1-2H3,(H,17,18). The van der Waals surface area contributed by atoms with Crippen molar-refractivity contribution in [3.63, 3.8) is 0 Å². The number of thioether (sulfide) groups is 1. The first-order chi connectivity index (χ1) is 9.56. The van der Waals surface area contributed by atoms with E-state index in [1.807, 2.05) is 16.0 Å². The molecule has 0 aliphatic carbocycles. The minimum atomic E-state index is -0.839. The van der Waals surface area contributed by atoms with E-state index >= 15 is 0 Å². The van der Waals surface area contributed by atoms with E-state index in [1.165, 1.54) is 16.6 Å². The molecule has 0 aliphatic rings. The molecule has 0 bridgehead atoms. The molecule has 0 unspecified atom stereocenters. The van der Waals surface area contributed by atoms with Crippen LogP contribution in [-0.4, -0.2) is 31.6 Å². The summed E-state index contributed by atoms with van der Waals surface area (Å²) in [5, 5.41) is 19.9. The van der Waals surface area contributed by atoms with Crippen LogP contribution < -0.4 is 0 Å². The van der Waals surface area contributed by atoms with E-state index in [9.17, 15) is 4.79 Å². The van der Waals surface area contributed by atoms with Crippen LogP contribution in [0.4, 0.5) is 0 Å². The Bertz CT molecular complexity index is 564. The predicted octanol–water partition coefficient (Wildman–Crippen LogP) is 2.76. The first-order valence-corrected chi connectivity index (χ1v) is 8.22. The predicted molar refractivity (Wildman–Crippen MR) is 80.3 cm³/mol. The fraction of sp³-hybridized carbons (Fsp3) is 0.462. The van der Waals surface area contributed by atoms with Crippen molar-refractivity contribution in [1.29, 1.82) is 0 Å². The van der Waals surface area contributed by atoms with Gasteiger partial charge in [-0.1, -0.05) is 31.7 Å². The van der Waals surface area contributed by atoms with Gasteiger partial charge in [0, 0.05) is 17.8 Å². The maximum absolute atomic E-state index is 10.7. The van der Waals surface area contributed by atoms with Crippen LogP contribution in [0.25, 0.3) is 0 Å². The molecule has 0 saturated heterocycles. The highest BCUT2D eigenvalue weighted by molar-refractivity contribution is 7.99. The van der Waals surface area contributed by atoms with E-state index < -0.39 is 5.97 Å². The first kappa shape index (κ1) is 15.1. The number of hydrogen-bond donors (Lipinski definition) is 1. The van der Waals surface area contributed by atoms with Gasteiger partial charge < -0.3 is 9.67 Å². The van der Waals surface area contributed by atoms with Crippen molar-refractivity contribution in [2.75, 3.05) is 5.75 Å². The van der Waals surface area contributed by atoms with Crippen molar-refractivity contribution in [3.05, 3.63) is 28.2 Å². The van der Waals surface area contributed by atoms with Crippen LogP contribution >= 0.6 is 23.1 Å². The topological polar surface area (TPSA) is 68.0 Å². The Morgan fingerprint density at radius 1 is 1.50 bits per heavy atom. The summed E-state index contributed by atoms with van der Waals surface area (Å²) in [4.78, 5) is 11.9. The smallest absolute Gasteiger partial charge is 0.313 e. The van der Waals surface area contributed by atoms with Gasteiger partial charge in [0.25, 0.3) is 0 Å². The van der Waals surface area contributed by atoms with Crippen LogP contribution in [0.2, 0.25) is 0 Å². The lowest BCUT2D eigenvalue weighted by Gasteiger charge is -2.11. The highest BCUT2D eigenvalue weighted by Gasteiger charge is 2.15. The summed E-state index contributed by atoms with van der Waals surface area (Å²) in [5.74, 6) is 0.523. The number of aromatic nitrogens is 3. The number of thiophene rings is 1. The first-order valence-electron chi connectivity index (χ1n) is 6.35. The Labute approximate surface area is 126 Å². The maximum Gasteiger partial charge on any atom is 0.313 e. The molecule has 0 aromatic carbocycles. The molecular formula is C13H17N3O2S2. The fourth-order valence-electron chi connectivity index (χ4n) is 1.80. The van der Waals surface area contributed by atoms with Gasteiger partial charge >= 0.3 is 5.97 Å². The van der Waals surface area contributed by atoms with Crippen LogP contribution in [-0.2, 0) is 17.8 Å². The summed E-state index contributed by atoms with van der Waals surface area (Å²) in [6, 6.07) is 4.09. The van der Waals surface area contributed by atoms with Crippen molar-refractivity contribution < 1.29 is 9.90 Å². The van der Waals surface area contributed by atoms with E-state index in [-0.39, 0.29) is 5.75 Å². The summed E-state index contributed by atoms with van der Waals surface area (Å²) >= 11 is 2.91. The normalized spacial score (nSPS) is 11.2. The molecule has 7 heteroatoms. The molecular weight excluding hydrogens is 294 g/mol. The number of rotatable bonds is 7. The number of nitrogens with zero attached hydrogens (tertiary/aromatic N) is 3. The van der Waals surface area contributed by atoms with Crippen molar-refractivity contribution in [3.8, 4) is 0 Å². The molecule has 0 aliphatic heterocycles. The van der Waals surface area contributed by atoms with E-state index in [1.54, 1.807) is 11.3 Å². The van der Waals surface area contributed by atoms with Crippen molar-refractivity contribution >= 4 is 29.1 Å². The Morgan fingerprint density at radius 2 is 2.30 bits per heavy atom. The zero-order valence-electron chi connectivity index (χ0n) is 11.4. The molecule has 5 nitrogen and oxygen atoms in total. The summed E-state index contributed by atoms with van der Waals surface area (Å²) in [6.07, 6.45) is 0.741. The molecule has 2 aromatic rings. The van der Waals surface area contributed by atoms with Gasteiger partial charge in [0.05, 0.1) is 5.75 Å². The zero-order chi connectivity index (χ0) is 14.5. The molecule has 2 rings (SSSR count). The van der Waals surface area contributed by atoms with Gasteiger partial charge in [-0.05, 0) is 17.4 Å². The number of carboxylic acid groups (broad SMARTS) is 1. The van der Waals surface area contributed by atoms with Crippen LogP contribution in [0.1, 0.15) is 24.5 Å². The minimum absolute atomic E-state index is 0.00916. The third-order valence-electron chi connectivity index (χ3n) is 2.58. The molecule has 1 N–H and O–H groups in total. The van der Waals surface area contributed by atoms with Gasteiger partial charge in [0.2, 0.25) is 0 Å². The quantitative estimate of drug-likeness (QED) is 0.796. The van der Waals surface area contributed by atoms with Crippen LogP contribution in [0.3, 0.4) is 0 Å². The average molecular weight is 311 g/mol. The molecule has 0 amide bonds. The van der Waals surface area contributed by atoms with Crippen LogP contribution in [0.5, 0.6) is 0 Å². The van der Waals surface area contributed by atoms with Crippen molar-refractivity contribution in [1.82, 2.24) is 14.8 Å². The second kappa shape index (κ2) is 6.90. The Hall–Kier alpha value is -1.34. The molecule has 0 fully saturated rings. The highest BCUT2D eigenvalue weighted by Crippen LogP contribution is 2.21. The molecule has 0 radical (unpaired) electrons. The summed E-state index contributed by atoms with van der Waals surface area (Å²) in [5.41, 5.74) is 0. The van der Waals surface area contributed by atoms with E-state index in [0.717, 1.165) is 18.8 Å². The Morgan fingerprint density at radius 3 is 2.90 bits per heavy atom. The van der Waals surface area contributed by atoms with Crippen LogP contribution in [0, 0.1) is 5.92 Å². The largest absolute Gasteiger partial charge is 0.481 e. The summed E-state index contributed by atoms with van der Waals surface area (Å²) < 4.78 is 2.04. The molecule has 108 valence electrons. The van der Waals surface area contributed by atoms with Gasteiger partial charge in [0.1, 0.15) is 5.82 Å². The van der Waals surface area contributed by atoms with Gasteiger partial charge in [-0.15, -0.1) is 21.5 Å². The number of carboxylic acids is 1. The molecule has 20 heavy (non-hydrogen) atoms. The van der Waals surface area contributed by atoms with Gasteiger partial charge in [0.15, 0.2) is 5.16 Å². The maximum atomic E-state index is 10.7. The lowest BCUT2D eigenvalue weighted by molar-refractivity contribution is -0.133. The zero-order valence-corrected chi connectivity index (χ0v) is 13.1. The molecule has 2 heterocycles. The third-order valence-corrected chi connectivity index (χ3v) is 4.41. The number of hydrogen-bond acceptors (Lipinski definition) is 5. The second-order valence-electron chi connectivity index (χ2n) is 4.84. The van der Waals surface area contributed by atoms with Crippen molar-refractivity contribution in [2.24, 2.45) is 5.92 Å². The van der Waals surface area contributed by atoms with Gasteiger partial charge in [-0.3, -0.25) is 4.79 Å². The number of aliphatic carboxylic acids is 1. The Balaban J connectivity index is 2.19. The molecule has 2 aromatic heterocycles. The van der Waals surface area contributed by atoms with E-state index in [0.29, 0.717) is 11.1 Å². The minimum Gasteiger partial charge on any atom is -0.481 e. The van der Waals surface area contributed by atoms with Gasteiger partial charge in [-0.2, -0.15) is 0 Å². The SMILES string of the molecule is CC(C)Cn1c(Cc2cccs2)nnc1SCC(=O)O. The monoisotopic (exact) mass is 311 g/mol. The summed E-state index contributed by atoms with van der Waals surface area (Å²) in [7, 11) is 0. The number of carbonyl (C=O) groups is 1. The van der Waals surface area contributed by atoms with Crippen LogP contribution in [0.15, 0.2) is 22.7 Å². The van der Waals surface area contributed by atoms with Crippen molar-refractivity contribution in [2.45, 2.75) is 32.0 Å².